The van der Waals surface area contributed by atoms with Crippen molar-refractivity contribution in [2.24, 2.45) is 0 Å². The van der Waals surface area contributed by atoms with Crippen molar-refractivity contribution >= 4 is 19.7 Å². The highest BCUT2D eigenvalue weighted by atomic mass is 31.2. The second-order valence-corrected chi connectivity index (χ2v) is 23.6. The first-order chi connectivity index (χ1) is 35.4. The molecular formula is C63H119N2O7P. The molecule has 3 unspecified atom stereocenters. The summed E-state index contributed by atoms with van der Waals surface area (Å²) in [6.07, 6.45) is 65.0. The normalized spacial score (nSPS) is 14.0. The van der Waals surface area contributed by atoms with Gasteiger partial charge in [-0.3, -0.25) is 14.2 Å². The minimum absolute atomic E-state index is 0.0245. The molecule has 9 nitrogen and oxygen atoms in total. The van der Waals surface area contributed by atoms with Gasteiger partial charge >= 0.3 is 5.97 Å². The number of esters is 1. The van der Waals surface area contributed by atoms with E-state index >= 15 is 0 Å². The van der Waals surface area contributed by atoms with Crippen LogP contribution in [-0.4, -0.2) is 69.4 Å². The zero-order chi connectivity index (χ0) is 53.6. The van der Waals surface area contributed by atoms with Gasteiger partial charge in [0, 0.05) is 12.8 Å². The molecule has 10 heteroatoms. The first-order valence-corrected chi connectivity index (χ1v) is 32.4. The van der Waals surface area contributed by atoms with E-state index in [-0.39, 0.29) is 24.9 Å². The topological polar surface area (TPSA) is 114 Å². The van der Waals surface area contributed by atoms with Gasteiger partial charge in [0.05, 0.1) is 33.8 Å². The quantitative estimate of drug-likeness (QED) is 0.0161. The summed E-state index contributed by atoms with van der Waals surface area (Å²) in [4.78, 5) is 39.9. The Balaban J connectivity index is 5.19. The molecule has 1 amide bonds. The smallest absolute Gasteiger partial charge is 0.306 e. The molecule has 0 aromatic carbocycles. The van der Waals surface area contributed by atoms with E-state index in [0.29, 0.717) is 17.4 Å². The SMILES string of the molecule is CCCCC/C=C/C=C/CCCCCCCCC(=O)NC(COP(=O)([O-])OCC[N+](C)(C)C)C(/C=C\CCCCCCCCCCC)OC(=O)CCCCCCCCCCCCC/C=C/CCCCCCCC. The number of nitrogens with one attached hydrogen (secondary N) is 1. The summed E-state index contributed by atoms with van der Waals surface area (Å²) in [7, 11) is 1.18. The van der Waals surface area contributed by atoms with E-state index in [0.717, 1.165) is 83.5 Å². The Bertz CT molecular complexity index is 1390. The van der Waals surface area contributed by atoms with Crippen molar-refractivity contribution in [3.05, 3.63) is 48.6 Å². The molecule has 0 aromatic rings. The van der Waals surface area contributed by atoms with E-state index in [4.69, 9.17) is 13.8 Å². The van der Waals surface area contributed by atoms with Crippen LogP contribution in [0.1, 0.15) is 290 Å². The third-order valence-electron chi connectivity index (χ3n) is 13.8. The van der Waals surface area contributed by atoms with Crippen LogP contribution >= 0.6 is 7.82 Å². The van der Waals surface area contributed by atoms with Crippen molar-refractivity contribution in [3.8, 4) is 0 Å². The Labute approximate surface area is 452 Å². The summed E-state index contributed by atoms with van der Waals surface area (Å²) >= 11 is 0. The Kier molecular flexibility index (Phi) is 51.9. The van der Waals surface area contributed by atoms with Gasteiger partial charge in [0.2, 0.25) is 5.91 Å². The van der Waals surface area contributed by atoms with E-state index in [9.17, 15) is 19.0 Å². The molecule has 428 valence electrons. The number of hydrogen-bond acceptors (Lipinski definition) is 7. The number of quaternary nitrogens is 1. The van der Waals surface area contributed by atoms with Crippen LogP contribution in [0.5, 0.6) is 0 Å². The van der Waals surface area contributed by atoms with Crippen LogP contribution < -0.4 is 10.2 Å². The van der Waals surface area contributed by atoms with Crippen LogP contribution in [0.15, 0.2) is 48.6 Å². The van der Waals surface area contributed by atoms with Crippen molar-refractivity contribution in [1.82, 2.24) is 5.32 Å². The Hall–Kier alpha value is -2.03. The van der Waals surface area contributed by atoms with Crippen molar-refractivity contribution in [2.45, 2.75) is 303 Å². The van der Waals surface area contributed by atoms with Crippen LogP contribution in [0, 0.1) is 0 Å². The minimum atomic E-state index is -4.70. The summed E-state index contributed by atoms with van der Waals surface area (Å²) in [6, 6.07) is -0.893. The molecule has 1 N–H and O–H groups in total. The average molecular weight is 1050 g/mol. The molecule has 0 spiro atoms. The largest absolute Gasteiger partial charge is 0.756 e. The fourth-order valence-electron chi connectivity index (χ4n) is 8.92. The number of rotatable bonds is 56. The van der Waals surface area contributed by atoms with Crippen LogP contribution in [0.25, 0.3) is 0 Å². The molecule has 0 aliphatic rings. The second-order valence-electron chi connectivity index (χ2n) is 22.2. The number of carbonyl (C=O) groups is 2. The van der Waals surface area contributed by atoms with Crippen LogP contribution in [-0.2, 0) is 27.9 Å². The van der Waals surface area contributed by atoms with Gasteiger partial charge in [-0.1, -0.05) is 243 Å². The molecule has 0 aliphatic heterocycles. The maximum Gasteiger partial charge on any atom is 0.306 e. The van der Waals surface area contributed by atoms with E-state index in [1.165, 1.54) is 173 Å². The summed E-state index contributed by atoms with van der Waals surface area (Å²) < 4.78 is 30.3. The van der Waals surface area contributed by atoms with Gasteiger partial charge in [-0.15, -0.1) is 0 Å². The van der Waals surface area contributed by atoms with E-state index in [1.54, 1.807) is 0 Å². The number of likely N-dealkylation sites (N-methyl/N-ethyl adjacent to an activating group) is 1. The third kappa shape index (κ3) is 54.6. The number of unbranched alkanes of at least 4 members (excludes halogenated alkanes) is 35. The molecule has 0 aromatic heterocycles. The molecule has 0 saturated heterocycles. The molecule has 0 heterocycles. The number of hydrogen-bond donors (Lipinski definition) is 1. The fourth-order valence-corrected chi connectivity index (χ4v) is 9.64. The van der Waals surface area contributed by atoms with E-state index < -0.39 is 26.6 Å². The molecule has 3 atom stereocenters. The first-order valence-electron chi connectivity index (χ1n) is 31.0. The van der Waals surface area contributed by atoms with Gasteiger partial charge < -0.3 is 28.5 Å². The summed E-state index contributed by atoms with van der Waals surface area (Å²) in [6.45, 7) is 6.81. The van der Waals surface area contributed by atoms with Crippen LogP contribution in [0.4, 0.5) is 0 Å². The van der Waals surface area contributed by atoms with Crippen LogP contribution in [0.3, 0.4) is 0 Å². The Morgan fingerprint density at radius 1 is 0.479 bits per heavy atom. The van der Waals surface area contributed by atoms with Gasteiger partial charge in [-0.25, -0.2) is 0 Å². The van der Waals surface area contributed by atoms with Crippen molar-refractivity contribution in [2.75, 3.05) is 40.9 Å². The number of allylic oxidation sites excluding steroid dienone is 7. The highest BCUT2D eigenvalue weighted by molar-refractivity contribution is 7.45. The van der Waals surface area contributed by atoms with Gasteiger partial charge in [0.1, 0.15) is 19.3 Å². The predicted molar refractivity (Wildman–Crippen MR) is 312 cm³/mol. The van der Waals surface area contributed by atoms with Gasteiger partial charge in [-0.2, -0.15) is 0 Å². The second kappa shape index (κ2) is 53.4. The van der Waals surface area contributed by atoms with Gasteiger partial charge in [0.25, 0.3) is 7.82 Å². The summed E-state index contributed by atoms with van der Waals surface area (Å²) in [5, 5.41) is 3.02. The lowest BCUT2D eigenvalue weighted by Gasteiger charge is -2.30. The predicted octanol–water partition coefficient (Wildman–Crippen LogP) is 18.3. The number of ether oxygens (including phenoxy) is 1. The molecule has 0 aliphatic carbocycles. The number of nitrogens with zero attached hydrogens (tertiary/aromatic N) is 1. The molecule has 73 heavy (non-hydrogen) atoms. The number of amides is 1. The molecule has 0 radical (unpaired) electrons. The van der Waals surface area contributed by atoms with Crippen molar-refractivity contribution in [1.29, 1.82) is 0 Å². The molecule has 0 bridgehead atoms. The summed E-state index contributed by atoms with van der Waals surface area (Å²) in [5.74, 6) is -0.549. The molecular weight excluding hydrogens is 928 g/mol. The average Bonchev–Trinajstić information content (AvgIpc) is 3.35. The monoisotopic (exact) mass is 1050 g/mol. The first kappa shape index (κ1) is 71.0. The van der Waals surface area contributed by atoms with Crippen LogP contribution in [0.2, 0.25) is 0 Å². The standard InChI is InChI=1S/C63H119N2O7P/c1-7-10-13-16-19-22-25-27-29-30-31-32-33-34-36-38-41-44-47-50-53-56-63(67)72-61(54-51-48-45-42-39-24-21-18-15-12-9-3)60(59-71-73(68,69)70-58-57-65(4,5)6)64-62(66)55-52-49-46-43-40-37-35-28-26-23-20-17-14-11-8-2/h20,23,26-29,51,54,60-61H,7-19,21-22,24-25,30-50,52-53,55-59H2,1-6H3,(H-,64,66,68,69)/b23-20+,28-26+,29-27+,54-51-. The lowest BCUT2D eigenvalue weighted by Crippen LogP contribution is -2.47. The molecule has 0 fully saturated rings. The maximum absolute atomic E-state index is 13.5. The lowest BCUT2D eigenvalue weighted by atomic mass is 10.0. The minimum Gasteiger partial charge on any atom is -0.756 e. The summed E-state index contributed by atoms with van der Waals surface area (Å²) in [5.41, 5.74) is 0. The lowest BCUT2D eigenvalue weighted by molar-refractivity contribution is -0.870. The van der Waals surface area contributed by atoms with E-state index in [2.05, 4.69) is 62.5 Å². The van der Waals surface area contributed by atoms with E-state index in [1.807, 2.05) is 33.3 Å². The number of carbonyl (C=O) groups excluding carboxylic acids is 2. The number of phosphoric acid groups is 1. The number of phosphoric ester groups is 1. The Morgan fingerprint density at radius 2 is 0.836 bits per heavy atom. The van der Waals surface area contributed by atoms with Crippen molar-refractivity contribution < 1.29 is 37.3 Å². The zero-order valence-corrected chi connectivity index (χ0v) is 49.7. The zero-order valence-electron chi connectivity index (χ0n) is 48.8. The fraction of sp³-hybridized carbons (Fsp3) is 0.841. The van der Waals surface area contributed by atoms with Gasteiger partial charge in [-0.05, 0) is 83.1 Å². The third-order valence-corrected chi connectivity index (χ3v) is 14.7. The Morgan fingerprint density at radius 3 is 1.27 bits per heavy atom. The highest BCUT2D eigenvalue weighted by Gasteiger charge is 2.27. The van der Waals surface area contributed by atoms with Gasteiger partial charge in [0.15, 0.2) is 0 Å². The molecule has 0 saturated carbocycles. The van der Waals surface area contributed by atoms with Crippen molar-refractivity contribution in [3.63, 3.8) is 0 Å². The maximum atomic E-state index is 13.5. The molecule has 0 rings (SSSR count). The highest BCUT2D eigenvalue weighted by Crippen LogP contribution is 2.38.